The molecule has 0 aliphatic heterocycles. The van der Waals surface area contributed by atoms with Crippen molar-refractivity contribution in [1.29, 1.82) is 0 Å². The van der Waals surface area contributed by atoms with Crippen LogP contribution in [0.15, 0.2) is 0 Å². The van der Waals surface area contributed by atoms with E-state index in [1.807, 2.05) is 39.5 Å². The monoisotopic (exact) mass is 259 g/mol. The van der Waals surface area contributed by atoms with E-state index in [1.165, 1.54) is 5.56 Å². The van der Waals surface area contributed by atoms with Crippen molar-refractivity contribution in [2.45, 2.75) is 34.1 Å². The molecule has 102 valence electrons. The van der Waals surface area contributed by atoms with E-state index in [1.54, 1.807) is 0 Å². The van der Waals surface area contributed by atoms with Crippen LogP contribution >= 0.6 is 0 Å². The second kappa shape index (κ2) is 4.99. The van der Waals surface area contributed by atoms with Crippen LogP contribution in [0.3, 0.4) is 0 Å². The molecule has 2 heterocycles. The quantitative estimate of drug-likeness (QED) is 0.919. The predicted molar refractivity (Wildman–Crippen MR) is 77.4 cm³/mol. The summed E-state index contributed by atoms with van der Waals surface area (Å²) in [7, 11) is 3.84. The molecular weight excluding hydrogens is 238 g/mol. The van der Waals surface area contributed by atoms with Crippen molar-refractivity contribution < 1.29 is 0 Å². The number of hydrogen-bond donors (Lipinski definition) is 1. The van der Waals surface area contributed by atoms with Crippen molar-refractivity contribution >= 4 is 5.82 Å². The molecule has 0 aliphatic rings. The van der Waals surface area contributed by atoms with E-state index in [9.17, 15) is 0 Å². The van der Waals surface area contributed by atoms with Crippen molar-refractivity contribution in [2.24, 2.45) is 7.05 Å². The normalized spacial score (nSPS) is 10.8. The highest BCUT2D eigenvalue weighted by molar-refractivity contribution is 5.64. The number of aryl methyl sites for hydroxylation is 3. The highest BCUT2D eigenvalue weighted by atomic mass is 15.3. The maximum absolute atomic E-state index is 4.65. The molecule has 0 unspecified atom stereocenters. The number of aromatic nitrogens is 4. The Morgan fingerprint density at radius 3 is 2.26 bits per heavy atom. The van der Waals surface area contributed by atoms with Crippen molar-refractivity contribution in [3.05, 3.63) is 22.6 Å². The molecule has 0 radical (unpaired) electrons. The summed E-state index contributed by atoms with van der Waals surface area (Å²) >= 11 is 0. The van der Waals surface area contributed by atoms with E-state index in [0.29, 0.717) is 0 Å². The molecule has 5 heteroatoms. The van der Waals surface area contributed by atoms with E-state index in [2.05, 4.69) is 27.3 Å². The Balaban J connectivity index is 2.67. The molecule has 2 rings (SSSR count). The third-order valence-corrected chi connectivity index (χ3v) is 3.54. The minimum absolute atomic E-state index is 0.752. The smallest absolute Gasteiger partial charge is 0.165 e. The molecule has 0 aromatic carbocycles. The number of rotatable bonds is 3. The van der Waals surface area contributed by atoms with Gasteiger partial charge in [-0.05, 0) is 27.2 Å². The summed E-state index contributed by atoms with van der Waals surface area (Å²) in [6, 6.07) is 0. The van der Waals surface area contributed by atoms with Crippen LogP contribution in [-0.4, -0.2) is 26.8 Å². The lowest BCUT2D eigenvalue weighted by Crippen LogP contribution is -2.05. The minimum Gasteiger partial charge on any atom is -0.373 e. The van der Waals surface area contributed by atoms with E-state index in [0.717, 1.165) is 40.7 Å². The summed E-state index contributed by atoms with van der Waals surface area (Å²) in [5.41, 5.74) is 5.28. The fourth-order valence-electron chi connectivity index (χ4n) is 2.44. The number of anilines is 1. The number of nitrogens with zero attached hydrogens (tertiary/aromatic N) is 4. The molecule has 0 bridgehead atoms. The lowest BCUT2D eigenvalue weighted by Gasteiger charge is -2.11. The topological polar surface area (TPSA) is 55.6 Å². The highest BCUT2D eigenvalue weighted by Gasteiger charge is 2.17. The Labute approximate surface area is 114 Å². The van der Waals surface area contributed by atoms with Crippen LogP contribution in [0.2, 0.25) is 0 Å². The lowest BCUT2D eigenvalue weighted by atomic mass is 10.1. The largest absolute Gasteiger partial charge is 0.373 e. The Morgan fingerprint density at radius 2 is 1.79 bits per heavy atom. The second-order valence-electron chi connectivity index (χ2n) is 4.73. The molecule has 0 amide bonds. The molecule has 19 heavy (non-hydrogen) atoms. The maximum atomic E-state index is 4.65. The Kier molecular flexibility index (Phi) is 3.55. The minimum atomic E-state index is 0.752. The van der Waals surface area contributed by atoms with Gasteiger partial charge in [-0.1, -0.05) is 6.92 Å². The summed E-state index contributed by atoms with van der Waals surface area (Å²) in [5, 5.41) is 7.60. The van der Waals surface area contributed by atoms with Gasteiger partial charge in [-0.25, -0.2) is 9.97 Å². The molecular formula is C14H21N5. The Morgan fingerprint density at radius 1 is 1.11 bits per heavy atom. The fraction of sp³-hybridized carbons (Fsp3) is 0.500. The van der Waals surface area contributed by atoms with Gasteiger partial charge in [0.15, 0.2) is 5.82 Å². The van der Waals surface area contributed by atoms with Gasteiger partial charge in [0.1, 0.15) is 5.82 Å². The van der Waals surface area contributed by atoms with Crippen LogP contribution in [0.5, 0.6) is 0 Å². The van der Waals surface area contributed by atoms with Gasteiger partial charge < -0.3 is 5.32 Å². The van der Waals surface area contributed by atoms with Crippen LogP contribution < -0.4 is 5.32 Å². The van der Waals surface area contributed by atoms with Gasteiger partial charge in [0, 0.05) is 31.0 Å². The highest BCUT2D eigenvalue weighted by Crippen LogP contribution is 2.27. The van der Waals surface area contributed by atoms with Gasteiger partial charge in [-0.15, -0.1) is 0 Å². The fourth-order valence-corrected chi connectivity index (χ4v) is 2.44. The van der Waals surface area contributed by atoms with Crippen LogP contribution in [0.25, 0.3) is 11.4 Å². The first-order valence-electron chi connectivity index (χ1n) is 6.55. The first-order chi connectivity index (χ1) is 8.99. The average Bonchev–Trinajstić information content (AvgIpc) is 2.62. The molecule has 0 spiro atoms. The lowest BCUT2D eigenvalue weighted by molar-refractivity contribution is 0.731. The SMILES string of the molecule is CCc1c(C)nc(-c2c(C)nn(C)c2C)nc1NC. The van der Waals surface area contributed by atoms with Gasteiger partial charge >= 0.3 is 0 Å². The van der Waals surface area contributed by atoms with Crippen molar-refractivity contribution in [3.63, 3.8) is 0 Å². The first-order valence-corrected chi connectivity index (χ1v) is 6.55. The van der Waals surface area contributed by atoms with E-state index in [4.69, 9.17) is 0 Å². The van der Waals surface area contributed by atoms with E-state index >= 15 is 0 Å². The third-order valence-electron chi connectivity index (χ3n) is 3.54. The summed E-state index contributed by atoms with van der Waals surface area (Å²) in [6.45, 7) is 8.19. The van der Waals surface area contributed by atoms with Crippen molar-refractivity contribution in [3.8, 4) is 11.4 Å². The van der Waals surface area contributed by atoms with Gasteiger partial charge in [0.25, 0.3) is 0 Å². The van der Waals surface area contributed by atoms with Gasteiger partial charge in [-0.3, -0.25) is 4.68 Å². The zero-order valence-electron chi connectivity index (χ0n) is 12.5. The van der Waals surface area contributed by atoms with Crippen LogP contribution in [0.4, 0.5) is 5.82 Å². The molecule has 5 nitrogen and oxygen atoms in total. The predicted octanol–water partition coefficient (Wildman–Crippen LogP) is 2.41. The zero-order valence-corrected chi connectivity index (χ0v) is 12.5. The summed E-state index contributed by atoms with van der Waals surface area (Å²) < 4.78 is 1.87. The molecule has 2 aromatic rings. The first kappa shape index (κ1) is 13.5. The molecule has 0 aliphatic carbocycles. The van der Waals surface area contributed by atoms with Crippen LogP contribution in [-0.2, 0) is 13.5 Å². The molecule has 0 saturated carbocycles. The number of nitrogens with one attached hydrogen (secondary N) is 1. The molecule has 0 fully saturated rings. The molecule has 0 saturated heterocycles. The summed E-state index contributed by atoms with van der Waals surface area (Å²) in [5.74, 6) is 1.66. The Bertz CT molecular complexity index is 613. The summed E-state index contributed by atoms with van der Waals surface area (Å²) in [6.07, 6.45) is 0.924. The molecule has 0 atom stereocenters. The summed E-state index contributed by atoms with van der Waals surface area (Å²) in [4.78, 5) is 9.31. The van der Waals surface area contributed by atoms with Crippen molar-refractivity contribution in [1.82, 2.24) is 19.7 Å². The molecule has 1 N–H and O–H groups in total. The zero-order chi connectivity index (χ0) is 14.2. The third kappa shape index (κ3) is 2.20. The number of hydrogen-bond acceptors (Lipinski definition) is 4. The molecule has 2 aromatic heterocycles. The second-order valence-corrected chi connectivity index (χ2v) is 4.73. The van der Waals surface area contributed by atoms with Gasteiger partial charge in [-0.2, -0.15) is 5.10 Å². The van der Waals surface area contributed by atoms with Crippen molar-refractivity contribution in [2.75, 3.05) is 12.4 Å². The van der Waals surface area contributed by atoms with Gasteiger partial charge in [0.05, 0.1) is 11.3 Å². The average molecular weight is 259 g/mol. The van der Waals surface area contributed by atoms with E-state index in [-0.39, 0.29) is 0 Å². The van der Waals surface area contributed by atoms with Gasteiger partial charge in [0.2, 0.25) is 0 Å². The maximum Gasteiger partial charge on any atom is 0.165 e. The standard InChI is InChI=1S/C14H21N5/c1-7-11-8(2)16-14(17-13(11)15-5)12-9(3)18-19(6)10(12)4/h7H2,1-6H3,(H,15,16,17). The Hall–Kier alpha value is -1.91. The van der Waals surface area contributed by atoms with E-state index < -0.39 is 0 Å². The van der Waals surface area contributed by atoms with Crippen LogP contribution in [0.1, 0.15) is 29.6 Å². The van der Waals surface area contributed by atoms with Crippen LogP contribution in [0, 0.1) is 20.8 Å².